The summed E-state index contributed by atoms with van der Waals surface area (Å²) in [6.45, 7) is 6.70. The summed E-state index contributed by atoms with van der Waals surface area (Å²) in [6.07, 6.45) is 1.71. The van der Waals surface area contributed by atoms with Crippen LogP contribution in [0.25, 0.3) is 11.1 Å². The summed E-state index contributed by atoms with van der Waals surface area (Å²) < 4.78 is 39.2. The molecule has 0 saturated heterocycles. The highest BCUT2D eigenvalue weighted by molar-refractivity contribution is 5.65. The van der Waals surface area contributed by atoms with Crippen molar-refractivity contribution in [3.05, 3.63) is 82.9 Å². The number of rotatable bonds is 8. The lowest BCUT2D eigenvalue weighted by Crippen LogP contribution is -2.03. The van der Waals surface area contributed by atoms with Gasteiger partial charge in [0.2, 0.25) is 11.6 Å². The number of hydrogen-bond acceptors (Lipinski definition) is 2. The van der Waals surface area contributed by atoms with Gasteiger partial charge in [0.1, 0.15) is 6.61 Å². The summed E-state index contributed by atoms with van der Waals surface area (Å²) in [7, 11) is 0. The Hall–Kier alpha value is -2.88. The lowest BCUT2D eigenvalue weighted by atomic mass is 10.00. The van der Waals surface area contributed by atoms with E-state index in [-0.39, 0.29) is 18.1 Å². The van der Waals surface area contributed by atoms with Crippen LogP contribution in [0.1, 0.15) is 36.5 Å². The molecule has 0 amide bonds. The van der Waals surface area contributed by atoms with Gasteiger partial charge in [-0.2, -0.15) is 8.78 Å². The third kappa shape index (κ3) is 5.14. The Kier molecular flexibility index (Phi) is 6.86. The van der Waals surface area contributed by atoms with Crippen molar-refractivity contribution in [1.29, 1.82) is 0 Å². The highest BCUT2D eigenvalue weighted by atomic mass is 19.2. The first-order valence-electron chi connectivity index (χ1n) is 9.89. The van der Waals surface area contributed by atoms with E-state index in [1.54, 1.807) is 0 Å². The van der Waals surface area contributed by atoms with Gasteiger partial charge < -0.3 is 9.47 Å². The molecule has 4 heteroatoms. The van der Waals surface area contributed by atoms with Crippen molar-refractivity contribution in [1.82, 2.24) is 0 Å². The lowest BCUT2D eigenvalue weighted by Gasteiger charge is -2.12. The second kappa shape index (κ2) is 9.55. The van der Waals surface area contributed by atoms with Crippen molar-refractivity contribution in [2.24, 2.45) is 0 Å². The van der Waals surface area contributed by atoms with Crippen LogP contribution < -0.4 is 9.47 Å². The first-order chi connectivity index (χ1) is 14.0. The van der Waals surface area contributed by atoms with Gasteiger partial charge in [-0.1, -0.05) is 55.8 Å². The van der Waals surface area contributed by atoms with E-state index in [1.165, 1.54) is 23.3 Å². The molecule has 3 aromatic carbocycles. The molecule has 0 spiro atoms. The minimum atomic E-state index is -1.02. The van der Waals surface area contributed by atoms with Crippen LogP contribution in [0.15, 0.2) is 54.6 Å². The molecular weight excluding hydrogens is 370 g/mol. The molecule has 0 aromatic heterocycles. The highest BCUT2D eigenvalue weighted by Gasteiger charge is 2.15. The molecule has 29 heavy (non-hydrogen) atoms. The molecule has 152 valence electrons. The van der Waals surface area contributed by atoms with Crippen LogP contribution in [0.5, 0.6) is 11.5 Å². The second-order valence-corrected chi connectivity index (χ2v) is 7.18. The zero-order valence-electron chi connectivity index (χ0n) is 17.1. The summed E-state index contributed by atoms with van der Waals surface area (Å²) in [5.41, 5.74) is 5.63. The Balaban J connectivity index is 1.65. The van der Waals surface area contributed by atoms with Crippen LogP contribution in [0.4, 0.5) is 8.78 Å². The van der Waals surface area contributed by atoms with Crippen LogP contribution >= 0.6 is 0 Å². The molecule has 0 unspecified atom stereocenters. The summed E-state index contributed by atoms with van der Waals surface area (Å²) in [6, 6.07) is 17.0. The predicted octanol–water partition coefficient (Wildman–Crippen LogP) is 7.01. The zero-order chi connectivity index (χ0) is 20.8. The average Bonchev–Trinajstić information content (AvgIpc) is 2.73. The van der Waals surface area contributed by atoms with Gasteiger partial charge >= 0.3 is 0 Å². The second-order valence-electron chi connectivity index (χ2n) is 7.18. The van der Waals surface area contributed by atoms with Crippen LogP contribution in [0.2, 0.25) is 0 Å². The largest absolute Gasteiger partial charge is 0.490 e. The van der Waals surface area contributed by atoms with Crippen molar-refractivity contribution in [3.8, 4) is 22.6 Å². The minimum Gasteiger partial charge on any atom is -0.490 e. The monoisotopic (exact) mass is 396 g/mol. The van der Waals surface area contributed by atoms with Gasteiger partial charge in [-0.25, -0.2) is 0 Å². The van der Waals surface area contributed by atoms with E-state index in [9.17, 15) is 8.78 Å². The van der Waals surface area contributed by atoms with Crippen LogP contribution in [-0.2, 0) is 6.61 Å². The summed E-state index contributed by atoms with van der Waals surface area (Å²) in [5, 5.41) is 0. The fourth-order valence-electron chi connectivity index (χ4n) is 2.94. The molecule has 0 heterocycles. The fraction of sp³-hybridized carbons (Fsp3) is 0.280. The quantitative estimate of drug-likeness (QED) is 0.381. The number of halogens is 2. The molecule has 0 aliphatic carbocycles. The Morgan fingerprint density at radius 2 is 1.34 bits per heavy atom. The van der Waals surface area contributed by atoms with Crippen molar-refractivity contribution < 1.29 is 18.3 Å². The van der Waals surface area contributed by atoms with Crippen molar-refractivity contribution in [2.45, 2.75) is 40.2 Å². The van der Waals surface area contributed by atoms with E-state index < -0.39 is 11.6 Å². The lowest BCUT2D eigenvalue weighted by molar-refractivity contribution is 0.267. The molecule has 2 nitrogen and oxygen atoms in total. The maximum absolute atomic E-state index is 14.2. The van der Waals surface area contributed by atoms with E-state index in [2.05, 4.69) is 32.0 Å². The van der Waals surface area contributed by atoms with Gasteiger partial charge in [-0.05, 0) is 60.2 Å². The molecule has 3 aromatic rings. The molecule has 0 fully saturated rings. The van der Waals surface area contributed by atoms with E-state index in [0.717, 1.165) is 29.5 Å². The Labute approximate surface area is 171 Å². The van der Waals surface area contributed by atoms with E-state index in [0.29, 0.717) is 6.61 Å². The van der Waals surface area contributed by atoms with Gasteiger partial charge in [-0.3, -0.25) is 0 Å². The van der Waals surface area contributed by atoms with Crippen LogP contribution in [0, 0.1) is 25.5 Å². The van der Waals surface area contributed by atoms with Crippen LogP contribution in [0.3, 0.4) is 0 Å². The maximum Gasteiger partial charge on any atom is 0.204 e. The molecule has 0 atom stereocenters. The summed E-state index contributed by atoms with van der Waals surface area (Å²) in [4.78, 5) is 0. The molecular formula is C25H26F2O2. The topological polar surface area (TPSA) is 18.5 Å². The van der Waals surface area contributed by atoms with E-state index >= 15 is 0 Å². The summed E-state index contributed by atoms with van der Waals surface area (Å²) in [5.74, 6) is -2.24. The Morgan fingerprint density at radius 1 is 0.724 bits per heavy atom. The van der Waals surface area contributed by atoms with E-state index in [1.807, 2.05) is 31.2 Å². The molecule has 0 aliphatic rings. The number of benzene rings is 3. The minimum absolute atomic E-state index is 0.0824. The van der Waals surface area contributed by atoms with Crippen molar-refractivity contribution in [3.63, 3.8) is 0 Å². The van der Waals surface area contributed by atoms with Gasteiger partial charge in [0.15, 0.2) is 11.5 Å². The SMILES string of the molecule is CCCCOc1ccc(OCc2ccc(-c3ccc(C)c(C)c3)cc2)c(F)c1F. The van der Waals surface area contributed by atoms with E-state index in [4.69, 9.17) is 9.47 Å². The number of ether oxygens (including phenoxy) is 2. The third-order valence-electron chi connectivity index (χ3n) is 4.96. The van der Waals surface area contributed by atoms with Gasteiger partial charge in [0.25, 0.3) is 0 Å². The number of unbranched alkanes of at least 4 members (excludes halogenated alkanes) is 1. The molecule has 0 bridgehead atoms. The smallest absolute Gasteiger partial charge is 0.204 e. The Bertz CT molecular complexity index is 965. The molecule has 3 rings (SSSR count). The maximum atomic E-state index is 14.2. The number of hydrogen-bond donors (Lipinski definition) is 0. The van der Waals surface area contributed by atoms with Gasteiger partial charge in [0, 0.05) is 0 Å². The normalized spacial score (nSPS) is 10.8. The zero-order valence-corrected chi connectivity index (χ0v) is 17.1. The molecule has 0 N–H and O–H groups in total. The highest BCUT2D eigenvalue weighted by Crippen LogP contribution is 2.29. The molecule has 0 aliphatic heterocycles. The van der Waals surface area contributed by atoms with Crippen LogP contribution in [-0.4, -0.2) is 6.61 Å². The van der Waals surface area contributed by atoms with Gasteiger partial charge in [-0.15, -0.1) is 0 Å². The first kappa shape index (κ1) is 20.8. The molecule has 0 saturated carbocycles. The van der Waals surface area contributed by atoms with Gasteiger partial charge in [0.05, 0.1) is 6.61 Å². The van der Waals surface area contributed by atoms with Crippen molar-refractivity contribution >= 4 is 0 Å². The third-order valence-corrected chi connectivity index (χ3v) is 4.96. The van der Waals surface area contributed by atoms with Crippen molar-refractivity contribution in [2.75, 3.05) is 6.61 Å². The predicted molar refractivity (Wildman–Crippen MR) is 112 cm³/mol. The standard InChI is InChI=1S/C25H26F2O2/c1-4-5-14-28-22-12-13-23(25(27)24(22)26)29-16-19-7-10-20(11-8-19)21-9-6-17(2)18(3)15-21/h6-13,15H,4-5,14,16H2,1-3H3. The summed E-state index contributed by atoms with van der Waals surface area (Å²) >= 11 is 0. The number of aryl methyl sites for hydroxylation is 2. The molecule has 0 radical (unpaired) electrons. The Morgan fingerprint density at radius 3 is 1.97 bits per heavy atom. The fourth-order valence-corrected chi connectivity index (χ4v) is 2.94. The first-order valence-corrected chi connectivity index (χ1v) is 9.89. The average molecular weight is 396 g/mol.